The molecule has 1 N–H and O–H groups in total. The minimum Gasteiger partial charge on any atom is -0.494 e. The number of sulfonamides is 1. The Morgan fingerprint density at radius 1 is 1.24 bits per heavy atom. The largest absolute Gasteiger partial charge is 0.494 e. The van der Waals surface area contributed by atoms with E-state index in [-0.39, 0.29) is 19.0 Å². The zero-order valence-electron chi connectivity index (χ0n) is 14.2. The lowest BCUT2D eigenvalue weighted by Gasteiger charge is -2.22. The summed E-state index contributed by atoms with van der Waals surface area (Å²) in [7, 11) is -3.48. The molecular weight excluding hydrogens is 342 g/mol. The first-order chi connectivity index (χ1) is 11.9. The van der Waals surface area contributed by atoms with Gasteiger partial charge in [-0.3, -0.25) is 14.1 Å². The topological polar surface area (TPSA) is 88.6 Å². The Hall–Kier alpha value is -2.61. The molecule has 0 aliphatic rings. The third-order valence-electron chi connectivity index (χ3n) is 3.36. The van der Waals surface area contributed by atoms with Crippen LogP contribution in [0.25, 0.3) is 0 Å². The van der Waals surface area contributed by atoms with E-state index in [0.717, 1.165) is 6.26 Å². The van der Waals surface area contributed by atoms with Crippen LogP contribution in [0, 0.1) is 0 Å². The Balaban J connectivity index is 2.02. The lowest BCUT2D eigenvalue weighted by molar-refractivity contribution is 0.0954. The van der Waals surface area contributed by atoms with Gasteiger partial charge in [0.15, 0.2) is 0 Å². The molecule has 7 nitrogen and oxygen atoms in total. The highest BCUT2D eigenvalue weighted by molar-refractivity contribution is 7.92. The Labute approximate surface area is 147 Å². The number of hydrogen-bond donors (Lipinski definition) is 1. The molecule has 1 heterocycles. The van der Waals surface area contributed by atoms with Crippen molar-refractivity contribution >= 4 is 21.6 Å². The van der Waals surface area contributed by atoms with Crippen LogP contribution in [0.1, 0.15) is 17.3 Å². The van der Waals surface area contributed by atoms with Crippen molar-refractivity contribution in [2.24, 2.45) is 0 Å². The zero-order chi connectivity index (χ0) is 18.3. The number of carbonyl (C=O) groups is 1. The number of ether oxygens (including phenoxy) is 1. The fourth-order valence-electron chi connectivity index (χ4n) is 2.23. The van der Waals surface area contributed by atoms with E-state index in [2.05, 4.69) is 10.3 Å². The van der Waals surface area contributed by atoms with Crippen LogP contribution in [0.5, 0.6) is 5.75 Å². The first-order valence-corrected chi connectivity index (χ1v) is 9.65. The number of benzene rings is 1. The Kier molecular flexibility index (Phi) is 6.35. The highest BCUT2D eigenvalue weighted by Crippen LogP contribution is 2.21. The maximum absolute atomic E-state index is 12.1. The summed E-state index contributed by atoms with van der Waals surface area (Å²) in [6.45, 7) is 2.71. The highest BCUT2D eigenvalue weighted by Gasteiger charge is 2.17. The highest BCUT2D eigenvalue weighted by atomic mass is 32.2. The minimum atomic E-state index is -3.48. The van der Waals surface area contributed by atoms with Crippen LogP contribution in [0.4, 0.5) is 5.69 Å². The molecule has 8 heteroatoms. The second-order valence-electron chi connectivity index (χ2n) is 5.26. The van der Waals surface area contributed by atoms with Crippen molar-refractivity contribution in [2.45, 2.75) is 6.92 Å². The summed E-state index contributed by atoms with van der Waals surface area (Å²) in [5.74, 6) is 0.373. The maximum atomic E-state index is 12.1. The Morgan fingerprint density at radius 3 is 2.52 bits per heavy atom. The lowest BCUT2D eigenvalue weighted by atomic mass is 10.2. The summed E-state index contributed by atoms with van der Waals surface area (Å²) in [6, 6.07) is 10.1. The van der Waals surface area contributed by atoms with Gasteiger partial charge in [0.05, 0.1) is 30.7 Å². The van der Waals surface area contributed by atoms with Crippen molar-refractivity contribution in [3.05, 3.63) is 54.4 Å². The number of pyridine rings is 1. The van der Waals surface area contributed by atoms with Crippen molar-refractivity contribution in [3.8, 4) is 5.75 Å². The van der Waals surface area contributed by atoms with Gasteiger partial charge < -0.3 is 10.1 Å². The smallest absolute Gasteiger partial charge is 0.252 e. The number of nitrogens with zero attached hydrogens (tertiary/aromatic N) is 2. The van der Waals surface area contributed by atoms with Gasteiger partial charge in [0.2, 0.25) is 10.0 Å². The zero-order valence-corrected chi connectivity index (χ0v) is 15.0. The first-order valence-electron chi connectivity index (χ1n) is 7.80. The number of aromatic nitrogens is 1. The average Bonchev–Trinajstić information content (AvgIpc) is 2.59. The van der Waals surface area contributed by atoms with Crippen LogP contribution in [-0.2, 0) is 10.0 Å². The van der Waals surface area contributed by atoms with E-state index in [9.17, 15) is 13.2 Å². The van der Waals surface area contributed by atoms with Crippen molar-refractivity contribution in [2.75, 3.05) is 30.3 Å². The molecule has 0 bridgehead atoms. The molecule has 2 rings (SSSR count). The summed E-state index contributed by atoms with van der Waals surface area (Å²) in [6.07, 6.45) is 4.16. The molecular formula is C17H21N3O4S. The molecule has 0 aliphatic carbocycles. The normalized spacial score (nSPS) is 11.0. The molecule has 0 saturated carbocycles. The number of hydrogen-bond acceptors (Lipinski definition) is 5. The molecule has 25 heavy (non-hydrogen) atoms. The van der Waals surface area contributed by atoms with Gasteiger partial charge in [0.1, 0.15) is 5.75 Å². The van der Waals surface area contributed by atoms with E-state index in [1.807, 2.05) is 6.92 Å². The Bertz CT molecular complexity index is 792. The molecule has 0 atom stereocenters. The predicted molar refractivity (Wildman–Crippen MR) is 96.4 cm³/mol. The molecule has 0 saturated heterocycles. The maximum Gasteiger partial charge on any atom is 0.252 e. The molecule has 1 amide bonds. The second-order valence-corrected chi connectivity index (χ2v) is 7.17. The molecule has 0 spiro atoms. The quantitative estimate of drug-likeness (QED) is 0.771. The number of amides is 1. The van der Waals surface area contributed by atoms with Gasteiger partial charge in [-0.1, -0.05) is 0 Å². The van der Waals surface area contributed by atoms with Gasteiger partial charge in [-0.25, -0.2) is 8.42 Å². The molecule has 0 aliphatic heterocycles. The fourth-order valence-corrected chi connectivity index (χ4v) is 3.16. The van der Waals surface area contributed by atoms with Gasteiger partial charge in [-0.15, -0.1) is 0 Å². The van der Waals surface area contributed by atoms with Crippen LogP contribution in [-0.4, -0.2) is 45.3 Å². The minimum absolute atomic E-state index is 0.124. The summed E-state index contributed by atoms with van der Waals surface area (Å²) in [4.78, 5) is 15.9. The van der Waals surface area contributed by atoms with Crippen molar-refractivity contribution in [1.29, 1.82) is 0 Å². The van der Waals surface area contributed by atoms with Gasteiger partial charge in [0.25, 0.3) is 5.91 Å². The second kappa shape index (κ2) is 8.48. The number of nitrogens with one attached hydrogen (secondary N) is 1. The monoisotopic (exact) mass is 363 g/mol. The molecule has 1 aromatic carbocycles. The molecule has 0 unspecified atom stereocenters. The third kappa shape index (κ3) is 5.46. The van der Waals surface area contributed by atoms with Gasteiger partial charge in [0, 0.05) is 18.9 Å². The first kappa shape index (κ1) is 18.7. The van der Waals surface area contributed by atoms with Gasteiger partial charge >= 0.3 is 0 Å². The molecule has 134 valence electrons. The van der Waals surface area contributed by atoms with E-state index in [1.54, 1.807) is 42.6 Å². The average molecular weight is 363 g/mol. The van der Waals surface area contributed by atoms with E-state index in [0.29, 0.717) is 23.6 Å². The fraction of sp³-hybridized carbons (Fsp3) is 0.294. The van der Waals surface area contributed by atoms with Gasteiger partial charge in [-0.2, -0.15) is 0 Å². The van der Waals surface area contributed by atoms with Crippen LogP contribution in [0.15, 0.2) is 48.8 Å². The Morgan fingerprint density at radius 2 is 1.96 bits per heavy atom. The van der Waals surface area contributed by atoms with Crippen molar-refractivity contribution < 1.29 is 17.9 Å². The number of carbonyl (C=O) groups excluding carboxylic acids is 1. The van der Waals surface area contributed by atoms with Crippen LogP contribution in [0.2, 0.25) is 0 Å². The standard InChI is InChI=1S/C17H21N3O4S/c1-3-24-16-8-6-15(7-9-16)20(25(2,22)23)12-11-19-17(21)14-5-4-10-18-13-14/h4-10,13H,3,11-12H2,1-2H3,(H,19,21). The number of anilines is 1. The molecule has 2 aromatic rings. The third-order valence-corrected chi connectivity index (χ3v) is 4.55. The molecule has 0 fully saturated rings. The van der Waals surface area contributed by atoms with Crippen LogP contribution < -0.4 is 14.4 Å². The SMILES string of the molecule is CCOc1ccc(N(CCNC(=O)c2cccnc2)S(C)(=O)=O)cc1. The summed E-state index contributed by atoms with van der Waals surface area (Å²) < 4.78 is 30.7. The van der Waals surface area contributed by atoms with E-state index in [1.165, 1.54) is 10.5 Å². The van der Waals surface area contributed by atoms with E-state index < -0.39 is 10.0 Å². The molecule has 0 radical (unpaired) electrons. The molecule has 1 aromatic heterocycles. The van der Waals surface area contributed by atoms with Crippen molar-refractivity contribution in [1.82, 2.24) is 10.3 Å². The summed E-state index contributed by atoms with van der Waals surface area (Å²) >= 11 is 0. The van der Waals surface area contributed by atoms with Crippen molar-refractivity contribution in [3.63, 3.8) is 0 Å². The predicted octanol–water partition coefficient (Wildman–Crippen LogP) is 1.68. The van der Waals surface area contributed by atoms with E-state index in [4.69, 9.17) is 4.74 Å². The van der Waals surface area contributed by atoms with Gasteiger partial charge in [-0.05, 0) is 43.3 Å². The lowest BCUT2D eigenvalue weighted by Crippen LogP contribution is -2.38. The van der Waals surface area contributed by atoms with Crippen LogP contribution >= 0.6 is 0 Å². The summed E-state index contributed by atoms with van der Waals surface area (Å²) in [5, 5.41) is 2.69. The number of rotatable bonds is 8. The van der Waals surface area contributed by atoms with Crippen LogP contribution in [0.3, 0.4) is 0 Å². The summed E-state index contributed by atoms with van der Waals surface area (Å²) in [5.41, 5.74) is 0.941. The van der Waals surface area contributed by atoms with E-state index >= 15 is 0 Å².